The maximum absolute atomic E-state index is 12.1. The number of carboxylic acid groups (broad SMARTS) is 1. The van der Waals surface area contributed by atoms with Crippen molar-refractivity contribution in [1.82, 2.24) is 4.72 Å². The molecule has 112 valence electrons. The van der Waals surface area contributed by atoms with Gasteiger partial charge in [-0.05, 0) is 36.8 Å². The van der Waals surface area contributed by atoms with Crippen LogP contribution in [-0.2, 0) is 10.0 Å². The van der Waals surface area contributed by atoms with Crippen molar-refractivity contribution < 1.29 is 22.7 Å². The highest BCUT2D eigenvalue weighted by Gasteiger charge is 2.23. The van der Waals surface area contributed by atoms with Gasteiger partial charge in [-0.3, -0.25) is 0 Å². The molecule has 0 spiro atoms. The Morgan fingerprint density at radius 1 is 1.33 bits per heavy atom. The number of benzene rings is 1. The van der Waals surface area contributed by atoms with Crippen molar-refractivity contribution >= 4 is 31.9 Å². The Hall–Kier alpha value is -1.64. The minimum atomic E-state index is -3.93. The van der Waals surface area contributed by atoms with E-state index >= 15 is 0 Å². The summed E-state index contributed by atoms with van der Waals surface area (Å²) in [6.07, 6.45) is 0. The molecular weight excluding hydrogens is 362 g/mol. The Morgan fingerprint density at radius 3 is 2.62 bits per heavy atom. The first-order chi connectivity index (χ1) is 9.79. The molecule has 2 N–H and O–H groups in total. The number of aromatic carboxylic acids is 1. The highest BCUT2D eigenvalue weighted by Crippen LogP contribution is 2.21. The van der Waals surface area contributed by atoms with E-state index in [4.69, 9.17) is 9.52 Å². The number of sulfonamides is 1. The third kappa shape index (κ3) is 3.72. The highest BCUT2D eigenvalue weighted by molar-refractivity contribution is 9.10. The van der Waals surface area contributed by atoms with Crippen LogP contribution in [0.4, 0.5) is 0 Å². The van der Waals surface area contributed by atoms with E-state index in [9.17, 15) is 13.2 Å². The molecule has 0 amide bonds. The van der Waals surface area contributed by atoms with Gasteiger partial charge in [-0.1, -0.05) is 28.1 Å². The molecule has 1 aromatic carbocycles. The molecule has 8 heteroatoms. The topological polar surface area (TPSA) is 96.6 Å². The molecule has 0 fully saturated rings. The molecule has 0 radical (unpaired) electrons. The second-order valence-corrected chi connectivity index (χ2v) is 6.88. The summed E-state index contributed by atoms with van der Waals surface area (Å²) in [5.74, 6) is -1.75. The fourth-order valence-electron chi connectivity index (χ4n) is 1.71. The number of hydrogen-bond acceptors (Lipinski definition) is 4. The van der Waals surface area contributed by atoms with E-state index < -0.39 is 32.9 Å². The molecule has 0 aliphatic carbocycles. The minimum Gasteiger partial charge on any atom is -0.475 e. The van der Waals surface area contributed by atoms with Gasteiger partial charge in [0.15, 0.2) is 0 Å². The van der Waals surface area contributed by atoms with Crippen molar-refractivity contribution in [1.29, 1.82) is 0 Å². The van der Waals surface area contributed by atoms with E-state index in [1.54, 1.807) is 25.1 Å². The second-order valence-electron chi connectivity index (χ2n) is 4.32. The van der Waals surface area contributed by atoms with E-state index in [-0.39, 0.29) is 0 Å². The van der Waals surface area contributed by atoms with Crippen molar-refractivity contribution in [2.75, 3.05) is 0 Å². The van der Waals surface area contributed by atoms with Gasteiger partial charge in [0.05, 0.1) is 0 Å². The number of rotatable bonds is 5. The van der Waals surface area contributed by atoms with Crippen LogP contribution >= 0.6 is 15.9 Å². The molecule has 21 heavy (non-hydrogen) atoms. The van der Waals surface area contributed by atoms with Crippen LogP contribution < -0.4 is 4.72 Å². The van der Waals surface area contributed by atoms with Crippen LogP contribution in [0.1, 0.15) is 29.1 Å². The van der Waals surface area contributed by atoms with E-state index in [0.29, 0.717) is 0 Å². The second kappa shape index (κ2) is 6.00. The number of carboxylic acids is 1. The Balaban J connectivity index is 2.22. The maximum atomic E-state index is 12.1. The summed E-state index contributed by atoms with van der Waals surface area (Å²) in [6, 6.07) is 8.91. The van der Waals surface area contributed by atoms with Crippen LogP contribution in [0.15, 0.2) is 50.4 Å². The molecule has 0 saturated carbocycles. The Kier molecular flexibility index (Phi) is 4.50. The van der Waals surface area contributed by atoms with Gasteiger partial charge < -0.3 is 9.52 Å². The fraction of sp³-hybridized carbons (Fsp3) is 0.154. The summed E-state index contributed by atoms with van der Waals surface area (Å²) in [4.78, 5) is 10.7. The van der Waals surface area contributed by atoms with Gasteiger partial charge >= 0.3 is 5.97 Å². The largest absolute Gasteiger partial charge is 0.475 e. The summed E-state index contributed by atoms with van der Waals surface area (Å²) in [6.45, 7) is 1.68. The van der Waals surface area contributed by atoms with Crippen LogP contribution in [-0.4, -0.2) is 19.5 Å². The molecule has 0 aliphatic heterocycles. The number of furan rings is 1. The molecule has 0 aliphatic rings. The average Bonchev–Trinajstić information content (AvgIpc) is 2.88. The zero-order chi connectivity index (χ0) is 15.6. The molecule has 1 aromatic heterocycles. The Bertz CT molecular complexity index is 768. The van der Waals surface area contributed by atoms with Crippen molar-refractivity contribution in [2.45, 2.75) is 18.1 Å². The van der Waals surface area contributed by atoms with Crippen molar-refractivity contribution in [3.8, 4) is 0 Å². The third-order valence-electron chi connectivity index (χ3n) is 2.74. The van der Waals surface area contributed by atoms with Crippen LogP contribution in [0, 0.1) is 0 Å². The molecule has 6 nitrogen and oxygen atoms in total. The monoisotopic (exact) mass is 373 g/mol. The minimum absolute atomic E-state index is 0.425. The quantitative estimate of drug-likeness (QED) is 0.839. The van der Waals surface area contributed by atoms with Crippen LogP contribution in [0.3, 0.4) is 0 Å². The molecule has 2 aromatic rings. The molecule has 0 saturated heterocycles. The van der Waals surface area contributed by atoms with Gasteiger partial charge in [0, 0.05) is 10.5 Å². The van der Waals surface area contributed by atoms with E-state index in [1.807, 2.05) is 6.07 Å². The smallest absolute Gasteiger partial charge is 0.371 e. The van der Waals surface area contributed by atoms with E-state index in [2.05, 4.69) is 20.7 Å². The standard InChI is InChI=1S/C13H12BrNO5S/c1-8(9-3-2-4-10(14)7-9)15-21(18,19)12-6-5-11(20-12)13(16)17/h2-8,15H,1H3,(H,16,17)/t8-/m0/s1. The lowest BCUT2D eigenvalue weighted by Gasteiger charge is -2.13. The van der Waals surface area contributed by atoms with Crippen molar-refractivity contribution in [3.05, 3.63) is 52.2 Å². The highest BCUT2D eigenvalue weighted by atomic mass is 79.9. The number of nitrogens with one attached hydrogen (secondary N) is 1. The maximum Gasteiger partial charge on any atom is 0.371 e. The SMILES string of the molecule is C[C@H](NS(=O)(=O)c1ccc(C(=O)O)o1)c1cccc(Br)c1. The summed E-state index contributed by atoms with van der Waals surface area (Å²) in [5, 5.41) is 8.31. The lowest BCUT2D eigenvalue weighted by atomic mass is 10.1. The first-order valence-corrected chi connectivity index (χ1v) is 8.18. The van der Waals surface area contributed by atoms with E-state index in [1.165, 1.54) is 0 Å². The van der Waals surface area contributed by atoms with Crippen molar-refractivity contribution in [3.63, 3.8) is 0 Å². The fourth-order valence-corrected chi connectivity index (χ4v) is 3.30. The van der Waals surface area contributed by atoms with Gasteiger partial charge in [-0.2, -0.15) is 0 Å². The van der Waals surface area contributed by atoms with E-state index in [0.717, 1.165) is 22.2 Å². The summed E-state index contributed by atoms with van der Waals surface area (Å²) >= 11 is 3.31. The lowest BCUT2D eigenvalue weighted by molar-refractivity contribution is 0.0656. The molecule has 1 atom stereocenters. The third-order valence-corrected chi connectivity index (χ3v) is 4.64. The van der Waals surface area contributed by atoms with Crippen molar-refractivity contribution in [2.24, 2.45) is 0 Å². The van der Waals surface area contributed by atoms with Gasteiger partial charge in [0.25, 0.3) is 10.0 Å². The van der Waals surface area contributed by atoms with Crippen LogP contribution in [0.5, 0.6) is 0 Å². The summed E-state index contributed by atoms with van der Waals surface area (Å²) < 4.78 is 32.3. The normalized spacial score (nSPS) is 13.0. The average molecular weight is 374 g/mol. The predicted molar refractivity (Wildman–Crippen MR) is 78.5 cm³/mol. The Morgan fingerprint density at radius 2 is 2.05 bits per heavy atom. The number of halogens is 1. The van der Waals surface area contributed by atoms with Gasteiger partial charge in [0.1, 0.15) is 0 Å². The first kappa shape index (κ1) is 15.7. The first-order valence-electron chi connectivity index (χ1n) is 5.90. The molecule has 2 rings (SSSR count). The Labute approximate surface area is 130 Å². The van der Waals surface area contributed by atoms with Gasteiger partial charge in [-0.25, -0.2) is 17.9 Å². The number of hydrogen-bond donors (Lipinski definition) is 2. The molecule has 0 bridgehead atoms. The summed E-state index contributed by atoms with van der Waals surface area (Å²) in [7, 11) is -3.93. The lowest BCUT2D eigenvalue weighted by Crippen LogP contribution is -2.26. The number of carbonyl (C=O) groups is 1. The summed E-state index contributed by atoms with van der Waals surface area (Å²) in [5.41, 5.74) is 0.762. The zero-order valence-electron chi connectivity index (χ0n) is 10.9. The van der Waals surface area contributed by atoms with Crippen LogP contribution in [0.25, 0.3) is 0 Å². The molecule has 1 heterocycles. The van der Waals surface area contributed by atoms with Crippen LogP contribution in [0.2, 0.25) is 0 Å². The molecular formula is C13H12BrNO5S. The van der Waals surface area contributed by atoms with Gasteiger partial charge in [0.2, 0.25) is 10.9 Å². The zero-order valence-corrected chi connectivity index (χ0v) is 13.3. The predicted octanol–water partition coefficient (Wildman–Crippen LogP) is 2.78. The molecule has 0 unspecified atom stereocenters. The van der Waals surface area contributed by atoms with Gasteiger partial charge in [-0.15, -0.1) is 0 Å².